The van der Waals surface area contributed by atoms with E-state index in [1.54, 1.807) is 7.11 Å². The molecule has 1 aliphatic heterocycles. The van der Waals surface area contributed by atoms with Crippen LogP contribution in [0.15, 0.2) is 36.4 Å². The maximum absolute atomic E-state index is 12.8. The van der Waals surface area contributed by atoms with Crippen molar-refractivity contribution in [2.24, 2.45) is 0 Å². The molecule has 1 aromatic heterocycles. The van der Waals surface area contributed by atoms with Crippen molar-refractivity contribution in [3.8, 4) is 17.3 Å². The molecule has 0 spiro atoms. The van der Waals surface area contributed by atoms with E-state index in [-0.39, 0.29) is 17.9 Å². The normalized spacial score (nSPS) is 17.0. The number of nitriles is 1. The van der Waals surface area contributed by atoms with E-state index in [1.165, 1.54) is 0 Å². The molecule has 5 nitrogen and oxygen atoms in total. The van der Waals surface area contributed by atoms with Crippen LogP contribution in [-0.4, -0.2) is 42.1 Å². The standard InChI is InChI=1S/C22H25N3O2/c1-15(2)20-11-10-18(13-23)21(24-20)16-6-8-17(9-7-16)22(26)25-12-4-5-19(14-25)27-3/h6-11,15,19H,4-5,12,14H2,1-3H3. The number of methoxy groups -OCH3 is 1. The average Bonchev–Trinajstić information content (AvgIpc) is 2.72. The molecule has 0 bridgehead atoms. The number of aromatic nitrogens is 1. The first-order chi connectivity index (χ1) is 13.0. The molecule has 1 unspecified atom stereocenters. The number of ether oxygens (including phenoxy) is 1. The molecule has 3 rings (SSSR count). The quantitative estimate of drug-likeness (QED) is 0.824. The van der Waals surface area contributed by atoms with E-state index in [0.29, 0.717) is 23.4 Å². The van der Waals surface area contributed by atoms with Gasteiger partial charge in [-0.1, -0.05) is 26.0 Å². The molecule has 0 aliphatic carbocycles. The van der Waals surface area contributed by atoms with Gasteiger partial charge in [-0.2, -0.15) is 5.26 Å². The van der Waals surface area contributed by atoms with Crippen LogP contribution in [0, 0.1) is 11.3 Å². The Bertz CT molecular complexity index is 853. The van der Waals surface area contributed by atoms with E-state index < -0.39 is 0 Å². The molecule has 0 radical (unpaired) electrons. The van der Waals surface area contributed by atoms with Crippen LogP contribution in [0.25, 0.3) is 11.3 Å². The molecule has 1 aliphatic rings. The van der Waals surface area contributed by atoms with Gasteiger partial charge in [0, 0.05) is 37.0 Å². The zero-order valence-electron chi connectivity index (χ0n) is 16.1. The topological polar surface area (TPSA) is 66.2 Å². The van der Waals surface area contributed by atoms with Gasteiger partial charge in [0.05, 0.1) is 17.4 Å². The Morgan fingerprint density at radius 1 is 1.26 bits per heavy atom. The molecule has 0 saturated carbocycles. The lowest BCUT2D eigenvalue weighted by Gasteiger charge is -2.32. The number of nitrogens with zero attached hydrogens (tertiary/aromatic N) is 3. The average molecular weight is 363 g/mol. The Balaban J connectivity index is 1.84. The molecule has 2 aromatic rings. The van der Waals surface area contributed by atoms with Crippen molar-refractivity contribution in [3.63, 3.8) is 0 Å². The summed E-state index contributed by atoms with van der Waals surface area (Å²) in [7, 11) is 1.69. The Labute approximate surface area is 160 Å². The number of rotatable bonds is 4. The van der Waals surface area contributed by atoms with E-state index >= 15 is 0 Å². The first kappa shape index (κ1) is 19.1. The van der Waals surface area contributed by atoms with E-state index in [1.807, 2.05) is 41.3 Å². The predicted molar refractivity (Wildman–Crippen MR) is 104 cm³/mol. The molecule has 140 valence electrons. The first-order valence-electron chi connectivity index (χ1n) is 9.37. The lowest BCUT2D eigenvalue weighted by molar-refractivity contribution is 0.0269. The zero-order valence-corrected chi connectivity index (χ0v) is 16.1. The largest absolute Gasteiger partial charge is 0.380 e. The second kappa shape index (κ2) is 8.32. The van der Waals surface area contributed by atoms with Crippen molar-refractivity contribution >= 4 is 5.91 Å². The van der Waals surface area contributed by atoms with Gasteiger partial charge >= 0.3 is 0 Å². The number of hydrogen-bond donors (Lipinski definition) is 0. The van der Waals surface area contributed by atoms with Gasteiger partial charge in [-0.05, 0) is 43.0 Å². The summed E-state index contributed by atoms with van der Waals surface area (Å²) < 4.78 is 5.41. The first-order valence-corrected chi connectivity index (χ1v) is 9.37. The maximum atomic E-state index is 12.8. The van der Waals surface area contributed by atoms with Crippen LogP contribution < -0.4 is 0 Å². The number of carbonyl (C=O) groups excluding carboxylic acids is 1. The number of hydrogen-bond acceptors (Lipinski definition) is 4. The van der Waals surface area contributed by atoms with Crippen molar-refractivity contribution in [2.45, 2.75) is 38.7 Å². The zero-order chi connectivity index (χ0) is 19.4. The SMILES string of the molecule is COC1CCCN(C(=O)c2ccc(-c3nc(C(C)C)ccc3C#N)cc2)C1. The maximum Gasteiger partial charge on any atom is 0.253 e. The van der Waals surface area contributed by atoms with Crippen LogP contribution >= 0.6 is 0 Å². The van der Waals surface area contributed by atoms with E-state index in [4.69, 9.17) is 4.74 Å². The van der Waals surface area contributed by atoms with Gasteiger partial charge in [0.25, 0.3) is 5.91 Å². The molecular formula is C22H25N3O2. The minimum Gasteiger partial charge on any atom is -0.380 e. The molecule has 2 heterocycles. The molecular weight excluding hydrogens is 338 g/mol. The fourth-order valence-electron chi connectivity index (χ4n) is 3.37. The predicted octanol–water partition coefficient (Wildman–Crippen LogP) is 3.99. The number of carbonyl (C=O) groups is 1. The second-order valence-electron chi connectivity index (χ2n) is 7.23. The molecule has 1 atom stereocenters. The highest BCUT2D eigenvalue weighted by Gasteiger charge is 2.24. The summed E-state index contributed by atoms with van der Waals surface area (Å²) >= 11 is 0. The van der Waals surface area contributed by atoms with Crippen LogP contribution in [-0.2, 0) is 4.74 Å². The van der Waals surface area contributed by atoms with Gasteiger partial charge in [0.2, 0.25) is 0 Å². The summed E-state index contributed by atoms with van der Waals surface area (Å²) in [5, 5.41) is 9.41. The number of benzene rings is 1. The fourth-order valence-corrected chi connectivity index (χ4v) is 3.37. The van der Waals surface area contributed by atoms with Gasteiger partial charge in [-0.15, -0.1) is 0 Å². The summed E-state index contributed by atoms with van der Waals surface area (Å²) in [6.07, 6.45) is 2.07. The Morgan fingerprint density at radius 3 is 2.63 bits per heavy atom. The van der Waals surface area contributed by atoms with Crippen LogP contribution in [0.5, 0.6) is 0 Å². The molecule has 1 fully saturated rings. The van der Waals surface area contributed by atoms with Crippen molar-refractivity contribution < 1.29 is 9.53 Å². The van der Waals surface area contributed by atoms with Crippen LogP contribution in [0.4, 0.5) is 0 Å². The highest BCUT2D eigenvalue weighted by Crippen LogP contribution is 2.25. The van der Waals surface area contributed by atoms with E-state index in [9.17, 15) is 10.1 Å². The van der Waals surface area contributed by atoms with E-state index in [0.717, 1.165) is 30.6 Å². The van der Waals surface area contributed by atoms with Crippen molar-refractivity contribution in [1.82, 2.24) is 9.88 Å². The van der Waals surface area contributed by atoms with Crippen LogP contribution in [0.2, 0.25) is 0 Å². The number of piperidine rings is 1. The smallest absolute Gasteiger partial charge is 0.253 e. The van der Waals surface area contributed by atoms with Crippen molar-refractivity contribution in [3.05, 3.63) is 53.2 Å². The third kappa shape index (κ3) is 4.17. The highest BCUT2D eigenvalue weighted by atomic mass is 16.5. The van der Waals surface area contributed by atoms with Gasteiger partial charge in [-0.25, -0.2) is 0 Å². The molecule has 27 heavy (non-hydrogen) atoms. The summed E-state index contributed by atoms with van der Waals surface area (Å²) in [5.74, 6) is 0.304. The van der Waals surface area contributed by atoms with Crippen LogP contribution in [0.1, 0.15) is 54.2 Å². The van der Waals surface area contributed by atoms with Crippen molar-refractivity contribution in [2.75, 3.05) is 20.2 Å². The Morgan fingerprint density at radius 2 is 2.00 bits per heavy atom. The van der Waals surface area contributed by atoms with Crippen LogP contribution in [0.3, 0.4) is 0 Å². The lowest BCUT2D eigenvalue weighted by atomic mass is 10.0. The van der Waals surface area contributed by atoms with Gasteiger partial charge in [-0.3, -0.25) is 9.78 Å². The molecule has 5 heteroatoms. The molecule has 0 N–H and O–H groups in total. The third-order valence-electron chi connectivity index (χ3n) is 5.03. The van der Waals surface area contributed by atoms with E-state index in [2.05, 4.69) is 24.9 Å². The lowest BCUT2D eigenvalue weighted by Crippen LogP contribution is -2.42. The Hall–Kier alpha value is -2.71. The summed E-state index contributed by atoms with van der Waals surface area (Å²) in [5.41, 5.74) is 3.65. The van der Waals surface area contributed by atoms with Gasteiger partial charge < -0.3 is 9.64 Å². The minimum atomic E-state index is 0.0210. The molecule has 1 saturated heterocycles. The summed E-state index contributed by atoms with van der Waals surface area (Å²) in [4.78, 5) is 19.3. The molecule has 1 aromatic carbocycles. The third-order valence-corrected chi connectivity index (χ3v) is 5.03. The Kier molecular flexibility index (Phi) is 5.88. The highest BCUT2D eigenvalue weighted by molar-refractivity contribution is 5.94. The second-order valence-corrected chi connectivity index (χ2v) is 7.23. The fraction of sp³-hybridized carbons (Fsp3) is 0.409. The van der Waals surface area contributed by atoms with Gasteiger partial charge in [0.1, 0.15) is 6.07 Å². The number of pyridine rings is 1. The monoisotopic (exact) mass is 363 g/mol. The number of likely N-dealkylation sites (tertiary alicyclic amines) is 1. The number of amides is 1. The molecule has 1 amide bonds. The minimum absolute atomic E-state index is 0.0210. The van der Waals surface area contributed by atoms with Gasteiger partial charge in [0.15, 0.2) is 0 Å². The summed E-state index contributed by atoms with van der Waals surface area (Å²) in [6, 6.07) is 13.3. The van der Waals surface area contributed by atoms with Crippen molar-refractivity contribution in [1.29, 1.82) is 5.26 Å². The summed E-state index contributed by atoms with van der Waals surface area (Å²) in [6.45, 7) is 5.54.